The fourth-order valence-electron chi connectivity index (χ4n) is 5.09. The van der Waals surface area contributed by atoms with E-state index in [0.717, 1.165) is 31.5 Å². The average Bonchev–Trinajstić information content (AvgIpc) is 3.32. The lowest BCUT2D eigenvalue weighted by Gasteiger charge is -2.40. The molecule has 1 saturated heterocycles. The van der Waals surface area contributed by atoms with Crippen molar-refractivity contribution >= 4 is 17.7 Å². The summed E-state index contributed by atoms with van der Waals surface area (Å²) in [4.78, 5) is 44.2. The maximum absolute atomic E-state index is 13.8. The molecule has 7 nitrogen and oxygen atoms in total. The Kier molecular flexibility index (Phi) is 9.51. The van der Waals surface area contributed by atoms with Crippen LogP contribution in [0.2, 0.25) is 0 Å². The number of likely N-dealkylation sites (tertiary alicyclic amines) is 1. The average molecular weight is 487 g/mol. The predicted molar refractivity (Wildman–Crippen MR) is 141 cm³/mol. The van der Waals surface area contributed by atoms with E-state index in [9.17, 15) is 14.4 Å². The highest BCUT2D eigenvalue weighted by Crippen LogP contribution is 2.29. The van der Waals surface area contributed by atoms with E-state index in [4.69, 9.17) is 0 Å². The summed E-state index contributed by atoms with van der Waals surface area (Å²) in [6, 6.07) is 7.98. The summed E-state index contributed by atoms with van der Waals surface area (Å²) in [6.07, 6.45) is 2.00. The number of carbonyl (C=O) groups excluding carboxylic acids is 3. The van der Waals surface area contributed by atoms with Crippen molar-refractivity contribution in [3.63, 3.8) is 0 Å². The number of nitrogens with zero attached hydrogens (tertiary/aromatic N) is 2. The van der Waals surface area contributed by atoms with Gasteiger partial charge in [-0.1, -0.05) is 78.8 Å². The second-order valence-corrected chi connectivity index (χ2v) is 11.8. The largest absolute Gasteiger partial charge is 0.342 e. The summed E-state index contributed by atoms with van der Waals surface area (Å²) < 4.78 is 0. The minimum Gasteiger partial charge on any atom is -0.342 e. The number of amides is 3. The van der Waals surface area contributed by atoms with Crippen molar-refractivity contribution in [3.8, 4) is 0 Å². The molecule has 1 aliphatic rings. The van der Waals surface area contributed by atoms with Gasteiger partial charge in [-0.2, -0.15) is 0 Å². The highest BCUT2D eigenvalue weighted by atomic mass is 16.2. The third-order valence-corrected chi connectivity index (χ3v) is 7.26. The van der Waals surface area contributed by atoms with Crippen molar-refractivity contribution in [2.75, 3.05) is 27.2 Å². The van der Waals surface area contributed by atoms with Crippen LogP contribution in [0.25, 0.3) is 0 Å². The van der Waals surface area contributed by atoms with E-state index in [1.807, 2.05) is 83.7 Å². The first kappa shape index (κ1) is 28.8. The van der Waals surface area contributed by atoms with Crippen LogP contribution in [0.5, 0.6) is 0 Å². The van der Waals surface area contributed by atoms with Gasteiger partial charge in [0.15, 0.2) is 0 Å². The van der Waals surface area contributed by atoms with Crippen LogP contribution in [0.3, 0.4) is 0 Å². The summed E-state index contributed by atoms with van der Waals surface area (Å²) in [5.41, 5.74) is -0.0285. The molecular formula is C28H46N4O3. The Bertz CT molecular complexity index is 870. The Balaban J connectivity index is 2.30. The Morgan fingerprint density at radius 3 is 1.94 bits per heavy atom. The normalized spacial score (nSPS) is 17.1. The SMILES string of the molecule is CN[C@H](C(=O)NC(C(=O)N(C)[C@H](C(=O)N1CCCC1)C(C)C)C(C)(C)C)C(C)(C)c1ccccc1. The van der Waals surface area contributed by atoms with Gasteiger partial charge in [-0.05, 0) is 36.8 Å². The molecule has 2 rings (SSSR count). The Hall–Kier alpha value is -2.41. The predicted octanol–water partition coefficient (Wildman–Crippen LogP) is 3.19. The van der Waals surface area contributed by atoms with Crippen molar-refractivity contribution in [2.45, 2.75) is 84.8 Å². The smallest absolute Gasteiger partial charge is 0.246 e. The van der Waals surface area contributed by atoms with Crippen molar-refractivity contribution in [3.05, 3.63) is 35.9 Å². The zero-order valence-corrected chi connectivity index (χ0v) is 23.1. The van der Waals surface area contributed by atoms with E-state index < -0.39 is 29.0 Å². The third-order valence-electron chi connectivity index (χ3n) is 7.26. The molecule has 0 bridgehead atoms. The molecule has 3 amide bonds. The zero-order chi connectivity index (χ0) is 26.6. The van der Waals surface area contributed by atoms with Gasteiger partial charge in [0.05, 0.1) is 6.04 Å². The molecule has 0 aromatic heterocycles. The molecule has 3 atom stereocenters. The standard InChI is InChI=1S/C28H46N4O3/c1-19(2)21(25(34)32-17-13-14-18-32)31(9)26(35)23(27(3,4)5)30-24(33)22(29-8)28(6,7)20-15-11-10-12-16-20/h10-12,15-16,19,21-23,29H,13-14,17-18H2,1-9H3,(H,30,33)/t21-,22+,23?/m0/s1. The summed E-state index contributed by atoms with van der Waals surface area (Å²) in [6.45, 7) is 15.3. The first-order valence-corrected chi connectivity index (χ1v) is 12.8. The molecule has 1 aliphatic heterocycles. The molecule has 1 aromatic rings. The van der Waals surface area contributed by atoms with Gasteiger partial charge in [-0.25, -0.2) is 0 Å². The highest BCUT2D eigenvalue weighted by Gasteiger charge is 2.43. The van der Waals surface area contributed by atoms with E-state index in [1.165, 1.54) is 0 Å². The van der Waals surface area contributed by atoms with Crippen LogP contribution < -0.4 is 10.6 Å². The molecule has 0 saturated carbocycles. The number of hydrogen-bond donors (Lipinski definition) is 2. The van der Waals surface area contributed by atoms with Crippen LogP contribution in [0.1, 0.15) is 66.9 Å². The minimum atomic E-state index is -0.782. The maximum atomic E-state index is 13.8. The van der Waals surface area contributed by atoms with Crippen LogP contribution in [0.4, 0.5) is 0 Å². The number of carbonyl (C=O) groups is 3. The van der Waals surface area contributed by atoms with Crippen LogP contribution in [-0.4, -0.2) is 72.8 Å². The Labute approximate surface area is 212 Å². The van der Waals surface area contributed by atoms with Crippen LogP contribution in [-0.2, 0) is 19.8 Å². The molecule has 1 unspecified atom stereocenters. The summed E-state index contributed by atoms with van der Waals surface area (Å²) >= 11 is 0. The lowest BCUT2D eigenvalue weighted by atomic mass is 9.76. The quantitative estimate of drug-likeness (QED) is 0.562. The van der Waals surface area contributed by atoms with Gasteiger partial charge in [0.2, 0.25) is 17.7 Å². The number of likely N-dealkylation sites (N-methyl/N-ethyl adjacent to an activating group) is 2. The van der Waals surface area contributed by atoms with Gasteiger partial charge in [0.1, 0.15) is 12.1 Å². The molecule has 1 heterocycles. The van der Waals surface area contributed by atoms with Crippen LogP contribution in [0, 0.1) is 11.3 Å². The zero-order valence-electron chi connectivity index (χ0n) is 23.1. The maximum Gasteiger partial charge on any atom is 0.246 e. The lowest BCUT2D eigenvalue weighted by Crippen LogP contribution is -2.63. The summed E-state index contributed by atoms with van der Waals surface area (Å²) in [7, 11) is 3.45. The van der Waals surface area contributed by atoms with Gasteiger partial charge in [-0.15, -0.1) is 0 Å². The molecule has 0 aliphatic carbocycles. The minimum absolute atomic E-state index is 0.00866. The van der Waals surface area contributed by atoms with Crippen LogP contribution >= 0.6 is 0 Å². The van der Waals surface area contributed by atoms with Gasteiger partial charge in [-0.3, -0.25) is 14.4 Å². The highest BCUT2D eigenvalue weighted by molar-refractivity contribution is 5.94. The third kappa shape index (κ3) is 6.63. The summed E-state index contributed by atoms with van der Waals surface area (Å²) in [5.74, 6) is -0.541. The fraction of sp³-hybridized carbons (Fsp3) is 0.679. The molecule has 1 fully saturated rings. The molecule has 2 N–H and O–H groups in total. The number of rotatable bonds is 9. The monoisotopic (exact) mass is 486 g/mol. The molecule has 7 heteroatoms. The number of hydrogen-bond acceptors (Lipinski definition) is 4. The molecule has 35 heavy (non-hydrogen) atoms. The molecular weight excluding hydrogens is 440 g/mol. The fourth-order valence-corrected chi connectivity index (χ4v) is 5.09. The van der Waals surface area contributed by atoms with E-state index >= 15 is 0 Å². The van der Waals surface area contributed by atoms with Gasteiger partial charge in [0, 0.05) is 25.6 Å². The Morgan fingerprint density at radius 2 is 1.49 bits per heavy atom. The second kappa shape index (κ2) is 11.5. The van der Waals surface area contributed by atoms with Crippen LogP contribution in [0.15, 0.2) is 30.3 Å². The van der Waals surface area contributed by atoms with Gasteiger partial charge in [0.25, 0.3) is 0 Å². The van der Waals surface area contributed by atoms with Crippen molar-refractivity contribution in [2.24, 2.45) is 11.3 Å². The van der Waals surface area contributed by atoms with E-state index in [1.54, 1.807) is 19.0 Å². The first-order valence-electron chi connectivity index (χ1n) is 12.8. The van der Waals surface area contributed by atoms with E-state index in [-0.39, 0.29) is 23.6 Å². The first-order chi connectivity index (χ1) is 16.2. The number of nitrogens with one attached hydrogen (secondary N) is 2. The Morgan fingerprint density at radius 1 is 0.943 bits per heavy atom. The molecule has 196 valence electrons. The molecule has 1 aromatic carbocycles. The van der Waals surface area contributed by atoms with Crippen molar-refractivity contribution < 1.29 is 14.4 Å². The summed E-state index contributed by atoms with van der Waals surface area (Å²) in [5, 5.41) is 6.21. The van der Waals surface area contributed by atoms with E-state index in [0.29, 0.717) is 0 Å². The second-order valence-electron chi connectivity index (χ2n) is 11.8. The van der Waals surface area contributed by atoms with Crippen molar-refractivity contribution in [1.29, 1.82) is 0 Å². The molecule has 0 radical (unpaired) electrons. The van der Waals surface area contributed by atoms with Gasteiger partial charge >= 0.3 is 0 Å². The topological polar surface area (TPSA) is 81.8 Å². The van der Waals surface area contributed by atoms with Crippen molar-refractivity contribution in [1.82, 2.24) is 20.4 Å². The lowest BCUT2D eigenvalue weighted by molar-refractivity contribution is -0.149. The van der Waals surface area contributed by atoms with E-state index in [2.05, 4.69) is 10.6 Å². The number of benzene rings is 1. The van der Waals surface area contributed by atoms with Gasteiger partial charge < -0.3 is 20.4 Å². The molecule has 0 spiro atoms.